The zero-order valence-electron chi connectivity index (χ0n) is 8.84. The molecule has 3 heteroatoms. The van der Waals surface area contributed by atoms with Crippen molar-refractivity contribution in [3.63, 3.8) is 0 Å². The Morgan fingerprint density at radius 1 is 1.31 bits per heavy atom. The van der Waals surface area contributed by atoms with E-state index in [1.807, 2.05) is 0 Å². The standard InChI is InChI=1S/C9H19N.CH2O2/c1-9(2,3)8-4-6-10-7-5-8;2-1-3/h8,10H,4-7H2,1-3H3;1H,(H,2,3). The van der Waals surface area contributed by atoms with E-state index >= 15 is 0 Å². The van der Waals surface area contributed by atoms with Crippen LogP contribution in [0.15, 0.2) is 0 Å². The predicted molar refractivity (Wildman–Crippen MR) is 53.7 cm³/mol. The van der Waals surface area contributed by atoms with Gasteiger partial charge in [0.25, 0.3) is 6.47 Å². The van der Waals surface area contributed by atoms with Crippen LogP contribution in [0.2, 0.25) is 0 Å². The summed E-state index contributed by atoms with van der Waals surface area (Å²) >= 11 is 0. The first-order valence-corrected chi connectivity index (χ1v) is 4.81. The van der Waals surface area contributed by atoms with Crippen LogP contribution in [-0.2, 0) is 4.79 Å². The number of nitrogens with one attached hydrogen (secondary N) is 1. The summed E-state index contributed by atoms with van der Waals surface area (Å²) in [6.07, 6.45) is 2.73. The smallest absolute Gasteiger partial charge is 0.290 e. The monoisotopic (exact) mass is 187 g/mol. The Balaban J connectivity index is 0.000000424. The second kappa shape index (κ2) is 5.97. The van der Waals surface area contributed by atoms with E-state index in [1.165, 1.54) is 25.9 Å². The second-order valence-corrected chi connectivity index (χ2v) is 4.50. The van der Waals surface area contributed by atoms with E-state index < -0.39 is 0 Å². The Bertz CT molecular complexity index is 134. The summed E-state index contributed by atoms with van der Waals surface area (Å²) in [7, 11) is 0. The summed E-state index contributed by atoms with van der Waals surface area (Å²) in [4.78, 5) is 8.36. The van der Waals surface area contributed by atoms with Crippen LogP contribution in [0, 0.1) is 11.3 Å². The molecule has 2 N–H and O–H groups in total. The molecule has 0 amide bonds. The lowest BCUT2D eigenvalue weighted by molar-refractivity contribution is -0.122. The zero-order valence-corrected chi connectivity index (χ0v) is 8.84. The molecule has 0 bridgehead atoms. The first-order chi connectivity index (χ1) is 6.02. The molecular formula is C10H21NO2. The first-order valence-electron chi connectivity index (χ1n) is 4.81. The fourth-order valence-corrected chi connectivity index (χ4v) is 1.69. The van der Waals surface area contributed by atoms with E-state index in [0.29, 0.717) is 5.41 Å². The number of piperidine rings is 1. The molecule has 1 saturated heterocycles. The second-order valence-electron chi connectivity index (χ2n) is 4.50. The highest BCUT2D eigenvalue weighted by Crippen LogP contribution is 2.32. The highest BCUT2D eigenvalue weighted by atomic mass is 16.3. The van der Waals surface area contributed by atoms with Gasteiger partial charge in [-0.15, -0.1) is 0 Å². The van der Waals surface area contributed by atoms with Gasteiger partial charge in [0.15, 0.2) is 0 Å². The third kappa shape index (κ3) is 5.64. The van der Waals surface area contributed by atoms with Gasteiger partial charge in [-0.05, 0) is 37.3 Å². The minimum atomic E-state index is -0.250. The van der Waals surface area contributed by atoms with E-state index in [9.17, 15) is 0 Å². The van der Waals surface area contributed by atoms with Gasteiger partial charge in [-0.3, -0.25) is 4.79 Å². The first kappa shape index (κ1) is 12.4. The van der Waals surface area contributed by atoms with Crippen LogP contribution in [0.3, 0.4) is 0 Å². The van der Waals surface area contributed by atoms with Gasteiger partial charge in [0.2, 0.25) is 0 Å². The van der Waals surface area contributed by atoms with Gasteiger partial charge in [0.1, 0.15) is 0 Å². The Morgan fingerprint density at radius 3 is 1.92 bits per heavy atom. The maximum atomic E-state index is 8.36. The van der Waals surface area contributed by atoms with Crippen LogP contribution < -0.4 is 5.32 Å². The highest BCUT2D eigenvalue weighted by molar-refractivity contribution is 5.32. The van der Waals surface area contributed by atoms with Crippen molar-refractivity contribution in [2.75, 3.05) is 13.1 Å². The molecule has 1 aliphatic rings. The topological polar surface area (TPSA) is 49.3 Å². The summed E-state index contributed by atoms with van der Waals surface area (Å²) in [5.74, 6) is 0.939. The maximum Gasteiger partial charge on any atom is 0.290 e. The lowest BCUT2D eigenvalue weighted by Gasteiger charge is -2.34. The van der Waals surface area contributed by atoms with Gasteiger partial charge in [0, 0.05) is 0 Å². The molecule has 13 heavy (non-hydrogen) atoms. The minimum Gasteiger partial charge on any atom is -0.483 e. The molecule has 1 aliphatic heterocycles. The van der Waals surface area contributed by atoms with Crippen molar-refractivity contribution in [1.82, 2.24) is 5.32 Å². The van der Waals surface area contributed by atoms with Crippen LogP contribution in [-0.4, -0.2) is 24.7 Å². The fourth-order valence-electron chi connectivity index (χ4n) is 1.69. The van der Waals surface area contributed by atoms with Crippen molar-refractivity contribution < 1.29 is 9.90 Å². The summed E-state index contributed by atoms with van der Waals surface area (Å²) in [6, 6.07) is 0. The maximum absolute atomic E-state index is 8.36. The molecule has 78 valence electrons. The van der Waals surface area contributed by atoms with E-state index in [4.69, 9.17) is 9.90 Å². The highest BCUT2D eigenvalue weighted by Gasteiger charge is 2.25. The molecule has 0 saturated carbocycles. The molecular weight excluding hydrogens is 166 g/mol. The molecule has 0 aromatic heterocycles. The summed E-state index contributed by atoms with van der Waals surface area (Å²) < 4.78 is 0. The van der Waals surface area contributed by atoms with Gasteiger partial charge >= 0.3 is 0 Å². The molecule has 1 rings (SSSR count). The molecule has 1 heterocycles. The number of carbonyl (C=O) groups is 1. The molecule has 0 radical (unpaired) electrons. The number of hydrogen-bond acceptors (Lipinski definition) is 2. The van der Waals surface area contributed by atoms with Crippen molar-refractivity contribution >= 4 is 6.47 Å². The Labute approximate surface area is 80.5 Å². The molecule has 0 aliphatic carbocycles. The predicted octanol–water partition coefficient (Wildman–Crippen LogP) is 1.73. The zero-order chi connectivity index (χ0) is 10.3. The van der Waals surface area contributed by atoms with Gasteiger partial charge in [-0.25, -0.2) is 0 Å². The molecule has 3 nitrogen and oxygen atoms in total. The van der Waals surface area contributed by atoms with Crippen LogP contribution in [0.5, 0.6) is 0 Å². The van der Waals surface area contributed by atoms with E-state index in [1.54, 1.807) is 0 Å². The van der Waals surface area contributed by atoms with Crippen LogP contribution in [0.25, 0.3) is 0 Å². The Morgan fingerprint density at radius 2 is 1.69 bits per heavy atom. The van der Waals surface area contributed by atoms with Crippen LogP contribution in [0.1, 0.15) is 33.6 Å². The van der Waals surface area contributed by atoms with Gasteiger partial charge in [-0.1, -0.05) is 20.8 Å². The summed E-state index contributed by atoms with van der Waals surface area (Å²) in [5, 5.41) is 10.3. The molecule has 0 unspecified atom stereocenters. The Kier molecular flexibility index (Phi) is 5.71. The number of carboxylic acid groups (broad SMARTS) is 1. The average Bonchev–Trinajstić information content (AvgIpc) is 2.06. The van der Waals surface area contributed by atoms with Crippen molar-refractivity contribution in [3.05, 3.63) is 0 Å². The molecule has 0 aromatic carbocycles. The van der Waals surface area contributed by atoms with Crippen molar-refractivity contribution in [2.45, 2.75) is 33.6 Å². The van der Waals surface area contributed by atoms with Gasteiger partial charge < -0.3 is 10.4 Å². The largest absolute Gasteiger partial charge is 0.483 e. The van der Waals surface area contributed by atoms with Crippen LogP contribution >= 0.6 is 0 Å². The SMILES string of the molecule is CC(C)(C)C1CCNCC1.O=CO. The molecule has 0 spiro atoms. The minimum absolute atomic E-state index is 0.250. The van der Waals surface area contributed by atoms with Crippen molar-refractivity contribution in [3.8, 4) is 0 Å². The van der Waals surface area contributed by atoms with Crippen molar-refractivity contribution in [2.24, 2.45) is 11.3 Å². The van der Waals surface area contributed by atoms with E-state index in [0.717, 1.165) is 5.92 Å². The van der Waals surface area contributed by atoms with E-state index in [-0.39, 0.29) is 6.47 Å². The van der Waals surface area contributed by atoms with Crippen molar-refractivity contribution in [1.29, 1.82) is 0 Å². The average molecular weight is 187 g/mol. The fraction of sp³-hybridized carbons (Fsp3) is 0.900. The number of hydrogen-bond donors (Lipinski definition) is 2. The molecule has 1 fully saturated rings. The lowest BCUT2D eigenvalue weighted by Crippen LogP contribution is -2.34. The van der Waals surface area contributed by atoms with Crippen LogP contribution in [0.4, 0.5) is 0 Å². The summed E-state index contributed by atoms with van der Waals surface area (Å²) in [6.45, 7) is 9.25. The van der Waals surface area contributed by atoms with Gasteiger partial charge in [0.05, 0.1) is 0 Å². The Hall–Kier alpha value is -0.570. The molecule has 0 atom stereocenters. The van der Waals surface area contributed by atoms with E-state index in [2.05, 4.69) is 26.1 Å². The van der Waals surface area contributed by atoms with Gasteiger partial charge in [-0.2, -0.15) is 0 Å². The normalized spacial score (nSPS) is 18.7. The number of rotatable bonds is 0. The lowest BCUT2D eigenvalue weighted by atomic mass is 9.76. The quantitative estimate of drug-likeness (QED) is 0.568. The third-order valence-corrected chi connectivity index (χ3v) is 2.56. The molecule has 0 aromatic rings. The summed E-state index contributed by atoms with van der Waals surface area (Å²) in [5.41, 5.74) is 0.530. The third-order valence-electron chi connectivity index (χ3n) is 2.56.